The molecule has 0 radical (unpaired) electrons. The summed E-state index contributed by atoms with van der Waals surface area (Å²) in [5.74, 6) is -0.204. The van der Waals surface area contributed by atoms with Crippen LogP contribution in [0.4, 0.5) is 4.39 Å². The van der Waals surface area contributed by atoms with E-state index in [4.69, 9.17) is 5.73 Å². The van der Waals surface area contributed by atoms with Crippen LogP contribution in [0.1, 0.15) is 32.3 Å². The van der Waals surface area contributed by atoms with Crippen LogP contribution >= 0.6 is 15.9 Å². The van der Waals surface area contributed by atoms with Crippen LogP contribution < -0.4 is 5.73 Å². The van der Waals surface area contributed by atoms with Crippen molar-refractivity contribution in [3.8, 4) is 0 Å². The first-order valence-corrected chi connectivity index (χ1v) is 7.65. The molecule has 1 saturated heterocycles. The molecule has 1 aliphatic heterocycles. The summed E-state index contributed by atoms with van der Waals surface area (Å²) in [6.07, 6.45) is 3.18. The third-order valence-electron chi connectivity index (χ3n) is 4.28. The van der Waals surface area contributed by atoms with Gasteiger partial charge in [-0.05, 0) is 70.0 Å². The molecule has 19 heavy (non-hydrogen) atoms. The standard InChI is InChI=1S/C15H22BrFN2/c1-15(2,19-7-3-4-8-19)14(18)10-11-9-12(17)5-6-13(11)16/h5-6,9,14H,3-4,7-8,10,18H2,1-2H3. The van der Waals surface area contributed by atoms with Gasteiger partial charge >= 0.3 is 0 Å². The van der Waals surface area contributed by atoms with E-state index in [1.54, 1.807) is 12.1 Å². The fourth-order valence-corrected chi connectivity index (χ4v) is 3.12. The van der Waals surface area contributed by atoms with Gasteiger partial charge in [0.2, 0.25) is 0 Å². The third kappa shape index (κ3) is 3.36. The maximum atomic E-state index is 13.3. The Morgan fingerprint density at radius 2 is 2.00 bits per heavy atom. The molecule has 1 heterocycles. The van der Waals surface area contributed by atoms with Crippen molar-refractivity contribution in [2.45, 2.75) is 44.7 Å². The number of nitrogens with two attached hydrogens (primary N) is 1. The summed E-state index contributed by atoms with van der Waals surface area (Å²) < 4.78 is 14.3. The molecule has 0 bridgehead atoms. The van der Waals surface area contributed by atoms with Crippen molar-refractivity contribution in [2.75, 3.05) is 13.1 Å². The van der Waals surface area contributed by atoms with Gasteiger partial charge in [-0.1, -0.05) is 15.9 Å². The van der Waals surface area contributed by atoms with Crippen molar-refractivity contribution in [3.05, 3.63) is 34.1 Å². The molecule has 1 atom stereocenters. The third-order valence-corrected chi connectivity index (χ3v) is 5.05. The van der Waals surface area contributed by atoms with E-state index < -0.39 is 0 Å². The Kier molecular flexibility index (Phi) is 4.64. The number of likely N-dealkylation sites (tertiary alicyclic amines) is 1. The molecule has 106 valence electrons. The second-order valence-corrected chi connectivity index (χ2v) is 6.75. The predicted octanol–water partition coefficient (Wildman–Crippen LogP) is 3.33. The molecule has 4 heteroatoms. The van der Waals surface area contributed by atoms with E-state index in [1.807, 2.05) is 0 Å². The summed E-state index contributed by atoms with van der Waals surface area (Å²) in [4.78, 5) is 2.45. The van der Waals surface area contributed by atoms with E-state index in [2.05, 4.69) is 34.7 Å². The molecule has 1 aliphatic rings. The summed E-state index contributed by atoms with van der Waals surface area (Å²) in [5, 5.41) is 0. The van der Waals surface area contributed by atoms with Gasteiger partial charge in [0, 0.05) is 16.1 Å². The number of hydrogen-bond donors (Lipinski definition) is 1. The van der Waals surface area contributed by atoms with Gasteiger partial charge in [-0.25, -0.2) is 4.39 Å². The number of rotatable bonds is 4. The Balaban J connectivity index is 2.11. The minimum atomic E-state index is -0.204. The zero-order valence-electron chi connectivity index (χ0n) is 11.6. The van der Waals surface area contributed by atoms with Gasteiger partial charge < -0.3 is 5.73 Å². The molecule has 1 aromatic carbocycles. The minimum Gasteiger partial charge on any atom is -0.326 e. The minimum absolute atomic E-state index is 0.0105. The predicted molar refractivity (Wildman–Crippen MR) is 80.7 cm³/mol. The smallest absolute Gasteiger partial charge is 0.123 e. The first-order chi connectivity index (χ1) is 8.91. The van der Waals surface area contributed by atoms with Crippen LogP contribution in [0.5, 0.6) is 0 Å². The highest BCUT2D eigenvalue weighted by atomic mass is 79.9. The molecular weight excluding hydrogens is 307 g/mol. The molecule has 1 fully saturated rings. The maximum Gasteiger partial charge on any atom is 0.123 e. The first kappa shape index (κ1) is 14.9. The van der Waals surface area contributed by atoms with Gasteiger partial charge in [-0.2, -0.15) is 0 Å². The van der Waals surface area contributed by atoms with Crippen molar-refractivity contribution in [1.82, 2.24) is 4.90 Å². The van der Waals surface area contributed by atoms with Crippen LogP contribution in [0.25, 0.3) is 0 Å². The highest BCUT2D eigenvalue weighted by Crippen LogP contribution is 2.27. The number of nitrogens with zero attached hydrogens (tertiary/aromatic N) is 1. The van der Waals surface area contributed by atoms with Gasteiger partial charge in [0.1, 0.15) is 5.82 Å². The van der Waals surface area contributed by atoms with Crippen LogP contribution in [-0.2, 0) is 6.42 Å². The first-order valence-electron chi connectivity index (χ1n) is 6.86. The monoisotopic (exact) mass is 328 g/mol. The fourth-order valence-electron chi connectivity index (χ4n) is 2.71. The van der Waals surface area contributed by atoms with E-state index in [0.717, 1.165) is 23.1 Å². The van der Waals surface area contributed by atoms with Crippen LogP contribution in [0.2, 0.25) is 0 Å². The van der Waals surface area contributed by atoms with Crippen LogP contribution in [-0.4, -0.2) is 29.6 Å². The number of halogens is 2. The van der Waals surface area contributed by atoms with Gasteiger partial charge in [0.05, 0.1) is 0 Å². The lowest BCUT2D eigenvalue weighted by Gasteiger charge is -2.40. The summed E-state index contributed by atoms with van der Waals surface area (Å²) in [6.45, 7) is 6.61. The Hall–Kier alpha value is -0.450. The molecule has 1 aromatic rings. The molecule has 0 aromatic heterocycles. The molecular formula is C15H22BrFN2. The molecule has 0 amide bonds. The molecule has 2 nitrogen and oxygen atoms in total. The molecule has 2 rings (SSSR count). The average Bonchev–Trinajstić information content (AvgIpc) is 2.88. The lowest BCUT2D eigenvalue weighted by atomic mass is 9.88. The summed E-state index contributed by atoms with van der Waals surface area (Å²) in [7, 11) is 0. The van der Waals surface area contributed by atoms with Crippen molar-refractivity contribution < 1.29 is 4.39 Å². The van der Waals surface area contributed by atoms with Gasteiger partial charge in [-0.3, -0.25) is 4.90 Å². The lowest BCUT2D eigenvalue weighted by Crippen LogP contribution is -2.56. The van der Waals surface area contributed by atoms with Crippen molar-refractivity contribution >= 4 is 15.9 Å². The van der Waals surface area contributed by atoms with Crippen molar-refractivity contribution in [3.63, 3.8) is 0 Å². The normalized spacial score (nSPS) is 18.8. The lowest BCUT2D eigenvalue weighted by molar-refractivity contribution is 0.123. The van der Waals surface area contributed by atoms with E-state index in [-0.39, 0.29) is 17.4 Å². The zero-order chi connectivity index (χ0) is 14.0. The van der Waals surface area contributed by atoms with E-state index >= 15 is 0 Å². The Labute approximate surface area is 123 Å². The topological polar surface area (TPSA) is 29.3 Å². The fraction of sp³-hybridized carbons (Fsp3) is 0.600. The van der Waals surface area contributed by atoms with E-state index in [9.17, 15) is 4.39 Å². The molecule has 0 saturated carbocycles. The zero-order valence-corrected chi connectivity index (χ0v) is 13.2. The average molecular weight is 329 g/mol. The maximum absolute atomic E-state index is 13.3. The number of benzene rings is 1. The Bertz CT molecular complexity index is 442. The summed E-state index contributed by atoms with van der Waals surface area (Å²) in [5.41, 5.74) is 7.29. The van der Waals surface area contributed by atoms with Crippen LogP contribution in [0.15, 0.2) is 22.7 Å². The van der Waals surface area contributed by atoms with Gasteiger partial charge in [-0.15, -0.1) is 0 Å². The Morgan fingerprint density at radius 1 is 1.37 bits per heavy atom. The van der Waals surface area contributed by atoms with Crippen LogP contribution in [0, 0.1) is 5.82 Å². The van der Waals surface area contributed by atoms with Crippen molar-refractivity contribution in [2.24, 2.45) is 5.73 Å². The van der Waals surface area contributed by atoms with Gasteiger partial charge in [0.25, 0.3) is 0 Å². The molecule has 2 N–H and O–H groups in total. The second-order valence-electron chi connectivity index (χ2n) is 5.89. The summed E-state index contributed by atoms with van der Waals surface area (Å²) >= 11 is 3.47. The number of hydrogen-bond acceptors (Lipinski definition) is 2. The van der Waals surface area contributed by atoms with Crippen LogP contribution in [0.3, 0.4) is 0 Å². The molecule has 0 aliphatic carbocycles. The van der Waals surface area contributed by atoms with E-state index in [1.165, 1.54) is 18.9 Å². The Morgan fingerprint density at radius 3 is 2.63 bits per heavy atom. The van der Waals surface area contributed by atoms with E-state index in [0.29, 0.717) is 6.42 Å². The van der Waals surface area contributed by atoms with Crippen molar-refractivity contribution in [1.29, 1.82) is 0 Å². The summed E-state index contributed by atoms with van der Waals surface area (Å²) in [6, 6.07) is 4.78. The SMILES string of the molecule is CC(C)(C(N)Cc1cc(F)ccc1Br)N1CCCC1. The molecule has 1 unspecified atom stereocenters. The highest BCUT2D eigenvalue weighted by molar-refractivity contribution is 9.10. The molecule has 0 spiro atoms. The van der Waals surface area contributed by atoms with Gasteiger partial charge in [0.15, 0.2) is 0 Å². The highest BCUT2D eigenvalue weighted by Gasteiger charge is 2.34. The quantitative estimate of drug-likeness (QED) is 0.918. The second kappa shape index (κ2) is 5.90. The largest absolute Gasteiger partial charge is 0.326 e.